The predicted molar refractivity (Wildman–Crippen MR) is 125 cm³/mol. The Kier molecular flexibility index (Phi) is 6.61. The molecule has 1 fully saturated rings. The fraction of sp³-hybridized carbons (Fsp3) is 0.250. The molecule has 3 amide bonds. The Morgan fingerprint density at radius 1 is 1.00 bits per heavy atom. The van der Waals surface area contributed by atoms with E-state index in [4.69, 9.17) is 34.8 Å². The Hall–Kier alpha value is -2.67. The number of benzene rings is 2. The van der Waals surface area contributed by atoms with E-state index >= 15 is 0 Å². The molecule has 0 bridgehead atoms. The van der Waals surface area contributed by atoms with Gasteiger partial charge in [-0.3, -0.25) is 19.2 Å². The molecule has 0 saturated carbocycles. The molecule has 1 aliphatic heterocycles. The molecule has 2 aromatic rings. The summed E-state index contributed by atoms with van der Waals surface area (Å²) in [5.41, 5.74) is 0.181. The van der Waals surface area contributed by atoms with Gasteiger partial charge in [0, 0.05) is 10.6 Å². The number of carbonyl (C=O) groups excluding carboxylic acids is 4. The van der Waals surface area contributed by atoms with Crippen molar-refractivity contribution in [1.29, 1.82) is 0 Å². The Bertz CT molecular complexity index is 1200. The monoisotopic (exact) mass is 504 g/mol. The number of amides is 3. The molecule has 1 heterocycles. The molecule has 33 heavy (non-hydrogen) atoms. The molecule has 2 aliphatic rings. The second kappa shape index (κ2) is 9.29. The van der Waals surface area contributed by atoms with Gasteiger partial charge in [0.2, 0.25) is 0 Å². The topological polar surface area (TPSA) is 74.8 Å². The van der Waals surface area contributed by atoms with Gasteiger partial charge in [0.15, 0.2) is 5.78 Å². The van der Waals surface area contributed by atoms with Crippen molar-refractivity contribution in [2.24, 2.45) is 17.8 Å². The van der Waals surface area contributed by atoms with Crippen LogP contribution in [0.2, 0.25) is 15.1 Å². The molecule has 9 heteroatoms. The molecule has 2 aromatic carbocycles. The first-order chi connectivity index (χ1) is 15.7. The highest BCUT2D eigenvalue weighted by molar-refractivity contribution is 6.37. The molecule has 6 nitrogen and oxygen atoms in total. The minimum Gasteiger partial charge on any atom is -0.292 e. The molecule has 0 aromatic heterocycles. The molecule has 4 rings (SSSR count). The molecular formula is C24H19Cl3N2O4. The number of hydrogen-bond donors (Lipinski definition) is 0. The van der Waals surface area contributed by atoms with Gasteiger partial charge in [0.25, 0.3) is 17.7 Å². The fourth-order valence-corrected chi connectivity index (χ4v) is 5.04. The van der Waals surface area contributed by atoms with Crippen molar-refractivity contribution in [1.82, 2.24) is 10.0 Å². The number of halogens is 3. The number of Topliss-reactive ketones (excluding diaryl/α,β-unsaturated/α-hetero) is 1. The van der Waals surface area contributed by atoms with Crippen LogP contribution >= 0.6 is 34.8 Å². The van der Waals surface area contributed by atoms with Crippen LogP contribution in [0.5, 0.6) is 0 Å². The zero-order chi connectivity index (χ0) is 23.9. The predicted octanol–water partition coefficient (Wildman–Crippen LogP) is 5.08. The Morgan fingerprint density at radius 3 is 2.39 bits per heavy atom. The Morgan fingerprint density at radius 2 is 1.73 bits per heavy atom. The summed E-state index contributed by atoms with van der Waals surface area (Å²) in [6.07, 6.45) is 4.13. The third-order valence-corrected chi connectivity index (χ3v) is 6.83. The van der Waals surface area contributed by atoms with Crippen molar-refractivity contribution in [2.45, 2.75) is 13.3 Å². The molecule has 170 valence electrons. The van der Waals surface area contributed by atoms with Gasteiger partial charge in [0.1, 0.15) is 6.54 Å². The highest BCUT2D eigenvalue weighted by atomic mass is 35.5. The maximum Gasteiger partial charge on any atom is 0.274 e. The molecule has 0 radical (unpaired) electrons. The van der Waals surface area contributed by atoms with Crippen LogP contribution in [0.4, 0.5) is 0 Å². The van der Waals surface area contributed by atoms with Crippen LogP contribution in [0.25, 0.3) is 0 Å². The van der Waals surface area contributed by atoms with E-state index in [2.05, 4.69) is 0 Å². The summed E-state index contributed by atoms with van der Waals surface area (Å²) in [4.78, 5) is 53.3. The van der Waals surface area contributed by atoms with Crippen LogP contribution in [0.1, 0.15) is 34.1 Å². The molecule has 0 unspecified atom stereocenters. The van der Waals surface area contributed by atoms with Gasteiger partial charge in [-0.15, -0.1) is 0 Å². The highest BCUT2D eigenvalue weighted by Gasteiger charge is 2.53. The van der Waals surface area contributed by atoms with Crippen LogP contribution in [-0.4, -0.2) is 40.1 Å². The lowest BCUT2D eigenvalue weighted by atomic mass is 9.78. The van der Waals surface area contributed by atoms with E-state index < -0.39 is 41.9 Å². The number of hydrazine groups is 1. The largest absolute Gasteiger partial charge is 0.292 e. The van der Waals surface area contributed by atoms with Crippen molar-refractivity contribution < 1.29 is 19.2 Å². The normalized spacial score (nSPS) is 21.8. The van der Waals surface area contributed by atoms with Gasteiger partial charge >= 0.3 is 0 Å². The van der Waals surface area contributed by atoms with Gasteiger partial charge in [-0.2, -0.15) is 5.01 Å². The van der Waals surface area contributed by atoms with Crippen molar-refractivity contribution >= 4 is 58.3 Å². The van der Waals surface area contributed by atoms with E-state index in [1.54, 1.807) is 12.1 Å². The number of imide groups is 1. The van der Waals surface area contributed by atoms with E-state index in [9.17, 15) is 19.2 Å². The van der Waals surface area contributed by atoms with Gasteiger partial charge in [-0.25, -0.2) is 5.01 Å². The number of fused-ring (bicyclic) bond motifs is 1. The van der Waals surface area contributed by atoms with Gasteiger partial charge in [0.05, 0.1) is 27.4 Å². The molecule has 1 saturated heterocycles. The van der Waals surface area contributed by atoms with Crippen molar-refractivity contribution in [2.75, 3.05) is 6.54 Å². The van der Waals surface area contributed by atoms with Crippen molar-refractivity contribution in [3.63, 3.8) is 0 Å². The standard InChI is InChI=1S/C24H19Cl3N2O4/c1-13-5-4-7-17-21(13)24(33)29(23(17)32)28(22(31)16-6-2-3-8-18(16)26)12-20(30)15-10-9-14(25)11-19(15)27/h2-6,8-11,13,17,21H,7,12H2,1H3/t13-,17+,21+/m1/s1. The molecule has 3 atom stereocenters. The number of ketones is 1. The van der Waals surface area contributed by atoms with Gasteiger partial charge in [-0.1, -0.05) is 66.0 Å². The second-order valence-corrected chi connectivity index (χ2v) is 9.28. The first-order valence-corrected chi connectivity index (χ1v) is 11.4. The number of hydrogen-bond acceptors (Lipinski definition) is 4. The summed E-state index contributed by atoms with van der Waals surface area (Å²) in [5, 5.41) is 2.27. The third-order valence-electron chi connectivity index (χ3n) is 5.95. The van der Waals surface area contributed by atoms with Gasteiger partial charge < -0.3 is 0 Å². The Labute approximate surface area is 205 Å². The van der Waals surface area contributed by atoms with Gasteiger partial charge in [-0.05, 0) is 42.7 Å². The summed E-state index contributed by atoms with van der Waals surface area (Å²) >= 11 is 18.3. The van der Waals surface area contributed by atoms with Crippen molar-refractivity contribution in [3.8, 4) is 0 Å². The van der Waals surface area contributed by atoms with Crippen LogP contribution < -0.4 is 0 Å². The van der Waals surface area contributed by atoms with E-state index in [1.807, 2.05) is 19.1 Å². The lowest BCUT2D eigenvalue weighted by Crippen LogP contribution is -2.52. The smallest absolute Gasteiger partial charge is 0.274 e. The van der Waals surface area contributed by atoms with Crippen LogP contribution in [-0.2, 0) is 9.59 Å². The average Bonchev–Trinajstić information content (AvgIpc) is 3.03. The van der Waals surface area contributed by atoms with E-state index in [1.165, 1.54) is 30.3 Å². The molecule has 1 aliphatic carbocycles. The number of rotatable bonds is 5. The molecule has 0 N–H and O–H groups in total. The number of carbonyl (C=O) groups is 4. The Balaban J connectivity index is 1.74. The summed E-state index contributed by atoms with van der Waals surface area (Å²) in [6.45, 7) is 1.27. The summed E-state index contributed by atoms with van der Waals surface area (Å²) in [7, 11) is 0. The maximum atomic E-state index is 13.5. The molecular weight excluding hydrogens is 487 g/mol. The molecule has 0 spiro atoms. The third kappa shape index (κ3) is 4.31. The fourth-order valence-electron chi connectivity index (χ4n) is 4.31. The van der Waals surface area contributed by atoms with Crippen LogP contribution in [0, 0.1) is 17.8 Å². The average molecular weight is 506 g/mol. The lowest BCUT2D eigenvalue weighted by molar-refractivity contribution is -0.154. The van der Waals surface area contributed by atoms with E-state index in [0.29, 0.717) is 11.4 Å². The minimum atomic E-state index is -0.736. The second-order valence-electron chi connectivity index (χ2n) is 8.03. The maximum absolute atomic E-state index is 13.5. The SMILES string of the molecule is C[C@@H]1C=CC[C@@H]2C(=O)N(N(CC(=O)c3ccc(Cl)cc3Cl)C(=O)c3ccccc3Cl)C(=O)[C@@H]12. The highest BCUT2D eigenvalue weighted by Crippen LogP contribution is 2.39. The summed E-state index contributed by atoms with van der Waals surface area (Å²) < 4.78 is 0. The first-order valence-electron chi connectivity index (χ1n) is 10.3. The van der Waals surface area contributed by atoms with E-state index in [-0.39, 0.29) is 27.1 Å². The zero-order valence-corrected chi connectivity index (χ0v) is 19.8. The number of allylic oxidation sites excluding steroid dienone is 2. The van der Waals surface area contributed by atoms with Crippen molar-refractivity contribution in [3.05, 3.63) is 80.8 Å². The quantitative estimate of drug-likeness (QED) is 0.322. The zero-order valence-electron chi connectivity index (χ0n) is 17.5. The minimum absolute atomic E-state index is 0.0656. The van der Waals surface area contributed by atoms with Crippen LogP contribution in [0.15, 0.2) is 54.6 Å². The summed E-state index contributed by atoms with van der Waals surface area (Å²) in [5.74, 6) is -3.69. The summed E-state index contributed by atoms with van der Waals surface area (Å²) in [6, 6.07) is 10.6. The van der Waals surface area contributed by atoms with Crippen LogP contribution in [0.3, 0.4) is 0 Å². The van der Waals surface area contributed by atoms with E-state index in [0.717, 1.165) is 10.0 Å². The first kappa shape index (κ1) is 23.5. The lowest BCUT2D eigenvalue weighted by Gasteiger charge is -2.30. The number of nitrogens with zero attached hydrogens (tertiary/aromatic N) is 2.